The third-order valence-corrected chi connectivity index (χ3v) is 2.96. The van der Waals surface area contributed by atoms with Crippen LogP contribution >= 0.6 is 0 Å². The van der Waals surface area contributed by atoms with Gasteiger partial charge in [-0.1, -0.05) is 18.2 Å². The van der Waals surface area contributed by atoms with Crippen LogP contribution in [0.3, 0.4) is 0 Å². The second-order valence-corrected chi connectivity index (χ2v) is 4.23. The van der Waals surface area contributed by atoms with Crippen molar-refractivity contribution in [2.75, 3.05) is 5.73 Å². The van der Waals surface area contributed by atoms with Crippen molar-refractivity contribution in [1.82, 2.24) is 4.98 Å². The van der Waals surface area contributed by atoms with Crippen molar-refractivity contribution in [1.29, 1.82) is 0 Å². The molecule has 92 valence electrons. The average molecular weight is 242 g/mol. The van der Waals surface area contributed by atoms with E-state index in [0.717, 1.165) is 16.7 Å². The molecule has 0 aliphatic heterocycles. The molecule has 0 saturated heterocycles. The summed E-state index contributed by atoms with van der Waals surface area (Å²) in [5.41, 5.74) is 9.82. The highest BCUT2D eigenvalue weighted by Crippen LogP contribution is 2.26. The Morgan fingerprint density at radius 3 is 2.44 bits per heavy atom. The Bertz CT molecular complexity index is 621. The van der Waals surface area contributed by atoms with Gasteiger partial charge in [0.1, 0.15) is 5.82 Å². The van der Waals surface area contributed by atoms with Crippen molar-refractivity contribution in [2.24, 2.45) is 0 Å². The molecule has 2 aromatic rings. The summed E-state index contributed by atoms with van der Waals surface area (Å²) >= 11 is 0. The van der Waals surface area contributed by atoms with E-state index >= 15 is 0 Å². The molecule has 4 heteroatoms. The lowest BCUT2D eigenvalue weighted by molar-refractivity contribution is 0.0690. The molecule has 0 bridgehead atoms. The molecule has 1 aromatic carbocycles. The monoisotopic (exact) mass is 242 g/mol. The third-order valence-electron chi connectivity index (χ3n) is 2.96. The van der Waals surface area contributed by atoms with Crippen molar-refractivity contribution in [2.45, 2.75) is 13.8 Å². The molecule has 0 amide bonds. The highest BCUT2D eigenvalue weighted by atomic mass is 16.4. The van der Waals surface area contributed by atoms with E-state index < -0.39 is 5.97 Å². The number of rotatable bonds is 2. The number of aromatic carboxylic acids is 1. The zero-order valence-corrected chi connectivity index (χ0v) is 10.3. The van der Waals surface area contributed by atoms with E-state index in [0.29, 0.717) is 0 Å². The van der Waals surface area contributed by atoms with E-state index in [1.165, 1.54) is 11.6 Å². The third kappa shape index (κ3) is 2.18. The molecular weight excluding hydrogens is 228 g/mol. The molecule has 0 unspecified atom stereocenters. The molecular formula is C14H14N2O2. The molecule has 0 aliphatic rings. The Hall–Kier alpha value is -2.36. The lowest BCUT2D eigenvalue weighted by Crippen LogP contribution is -2.04. The van der Waals surface area contributed by atoms with Crippen LogP contribution in [0.25, 0.3) is 11.1 Å². The van der Waals surface area contributed by atoms with Gasteiger partial charge in [-0.2, -0.15) is 0 Å². The van der Waals surface area contributed by atoms with E-state index in [9.17, 15) is 4.79 Å². The van der Waals surface area contributed by atoms with Crippen LogP contribution in [-0.4, -0.2) is 16.1 Å². The van der Waals surface area contributed by atoms with Crippen molar-refractivity contribution >= 4 is 11.8 Å². The van der Waals surface area contributed by atoms with Gasteiger partial charge >= 0.3 is 5.97 Å². The standard InChI is InChI=1S/C14H14N2O2/c1-8-3-4-10(7-9(8)2)11-5-6-12(14(17)18)16-13(11)15/h3-7H,1-2H3,(H2,15,16)(H,17,18). The summed E-state index contributed by atoms with van der Waals surface area (Å²) in [5.74, 6) is -0.841. The predicted octanol–water partition coefficient (Wildman–Crippen LogP) is 2.65. The summed E-state index contributed by atoms with van der Waals surface area (Å²) in [6.45, 7) is 4.06. The fraction of sp³-hybridized carbons (Fsp3) is 0.143. The molecule has 0 spiro atoms. The van der Waals surface area contributed by atoms with E-state index in [1.807, 2.05) is 32.0 Å². The number of hydrogen-bond donors (Lipinski definition) is 2. The molecule has 0 radical (unpaired) electrons. The number of hydrogen-bond acceptors (Lipinski definition) is 3. The van der Waals surface area contributed by atoms with Gasteiger partial charge in [0.25, 0.3) is 0 Å². The van der Waals surface area contributed by atoms with E-state index in [1.54, 1.807) is 6.07 Å². The van der Waals surface area contributed by atoms with Crippen LogP contribution in [0.5, 0.6) is 0 Å². The topological polar surface area (TPSA) is 76.2 Å². The molecule has 3 N–H and O–H groups in total. The summed E-state index contributed by atoms with van der Waals surface area (Å²) in [4.78, 5) is 14.7. The fourth-order valence-electron chi connectivity index (χ4n) is 1.75. The number of nitrogens with zero attached hydrogens (tertiary/aromatic N) is 1. The van der Waals surface area contributed by atoms with Crippen molar-refractivity contribution in [3.8, 4) is 11.1 Å². The minimum atomic E-state index is -1.08. The van der Waals surface area contributed by atoms with Gasteiger partial charge in [-0.05, 0) is 42.7 Å². The normalized spacial score (nSPS) is 10.3. The summed E-state index contributed by atoms with van der Waals surface area (Å²) in [5, 5.41) is 8.83. The minimum absolute atomic E-state index is 0.0416. The first-order valence-electron chi connectivity index (χ1n) is 5.56. The molecule has 0 aliphatic carbocycles. The number of nitrogen functional groups attached to an aromatic ring is 1. The van der Waals surface area contributed by atoms with Crippen LogP contribution < -0.4 is 5.73 Å². The summed E-state index contributed by atoms with van der Waals surface area (Å²) in [6.07, 6.45) is 0. The van der Waals surface area contributed by atoms with Crippen molar-refractivity contribution in [3.63, 3.8) is 0 Å². The van der Waals surface area contributed by atoms with Gasteiger partial charge in [-0.15, -0.1) is 0 Å². The molecule has 2 rings (SSSR count). The van der Waals surface area contributed by atoms with Crippen LogP contribution in [0, 0.1) is 13.8 Å². The van der Waals surface area contributed by atoms with Gasteiger partial charge in [-0.25, -0.2) is 9.78 Å². The van der Waals surface area contributed by atoms with Crippen molar-refractivity contribution in [3.05, 3.63) is 47.2 Å². The highest BCUT2D eigenvalue weighted by molar-refractivity contribution is 5.87. The maximum Gasteiger partial charge on any atom is 0.354 e. The summed E-state index contributed by atoms with van der Waals surface area (Å²) in [7, 11) is 0. The zero-order valence-electron chi connectivity index (χ0n) is 10.3. The Morgan fingerprint density at radius 1 is 1.17 bits per heavy atom. The van der Waals surface area contributed by atoms with Gasteiger partial charge in [0.2, 0.25) is 0 Å². The molecule has 0 atom stereocenters. The number of carbonyl (C=O) groups is 1. The van der Waals surface area contributed by atoms with E-state index in [4.69, 9.17) is 10.8 Å². The maximum atomic E-state index is 10.8. The molecule has 4 nitrogen and oxygen atoms in total. The second kappa shape index (κ2) is 4.49. The molecule has 0 fully saturated rings. The first-order chi connectivity index (χ1) is 8.49. The summed E-state index contributed by atoms with van der Waals surface area (Å²) in [6, 6.07) is 9.13. The molecule has 18 heavy (non-hydrogen) atoms. The van der Waals surface area contributed by atoms with Crippen LogP contribution in [-0.2, 0) is 0 Å². The number of pyridine rings is 1. The Morgan fingerprint density at radius 2 is 1.89 bits per heavy atom. The first-order valence-corrected chi connectivity index (χ1v) is 5.56. The number of benzene rings is 1. The van der Waals surface area contributed by atoms with Gasteiger partial charge < -0.3 is 10.8 Å². The summed E-state index contributed by atoms with van der Waals surface area (Å²) < 4.78 is 0. The van der Waals surface area contributed by atoms with Gasteiger partial charge in [0, 0.05) is 5.56 Å². The van der Waals surface area contributed by atoms with Gasteiger partial charge in [-0.3, -0.25) is 0 Å². The lowest BCUT2D eigenvalue weighted by Gasteiger charge is -2.08. The fourth-order valence-corrected chi connectivity index (χ4v) is 1.75. The predicted molar refractivity (Wildman–Crippen MR) is 70.5 cm³/mol. The van der Waals surface area contributed by atoms with Crippen molar-refractivity contribution < 1.29 is 9.90 Å². The molecule has 0 saturated carbocycles. The Balaban J connectivity index is 2.51. The van der Waals surface area contributed by atoms with Crippen LogP contribution in [0.4, 0.5) is 5.82 Å². The van der Waals surface area contributed by atoms with E-state index in [2.05, 4.69) is 4.98 Å². The smallest absolute Gasteiger partial charge is 0.354 e. The molecule has 1 heterocycles. The quantitative estimate of drug-likeness (QED) is 0.848. The minimum Gasteiger partial charge on any atom is -0.477 e. The van der Waals surface area contributed by atoms with Crippen LogP contribution in [0.1, 0.15) is 21.6 Å². The number of anilines is 1. The van der Waals surface area contributed by atoms with Gasteiger partial charge in [0.15, 0.2) is 5.69 Å². The highest BCUT2D eigenvalue weighted by Gasteiger charge is 2.10. The zero-order chi connectivity index (χ0) is 13.3. The molecule has 1 aromatic heterocycles. The lowest BCUT2D eigenvalue weighted by atomic mass is 10.0. The Kier molecular flexibility index (Phi) is 3.02. The maximum absolute atomic E-state index is 10.8. The van der Waals surface area contributed by atoms with Gasteiger partial charge in [0.05, 0.1) is 0 Å². The number of aryl methyl sites for hydroxylation is 2. The van der Waals surface area contributed by atoms with Crippen LogP contribution in [0.15, 0.2) is 30.3 Å². The number of carboxylic acid groups (broad SMARTS) is 1. The Labute approximate surface area is 105 Å². The number of carboxylic acids is 1. The number of aromatic nitrogens is 1. The SMILES string of the molecule is Cc1ccc(-c2ccc(C(=O)O)nc2N)cc1C. The van der Waals surface area contributed by atoms with Crippen LogP contribution in [0.2, 0.25) is 0 Å². The number of nitrogens with two attached hydrogens (primary N) is 1. The average Bonchev–Trinajstić information content (AvgIpc) is 2.32. The first kappa shape index (κ1) is 12.1. The van der Waals surface area contributed by atoms with E-state index in [-0.39, 0.29) is 11.5 Å². The second-order valence-electron chi connectivity index (χ2n) is 4.23. The largest absolute Gasteiger partial charge is 0.477 e.